The fraction of sp³-hybridized carbons (Fsp3) is 0.238. The lowest BCUT2D eigenvalue weighted by atomic mass is 10.1. The van der Waals surface area contributed by atoms with E-state index in [2.05, 4.69) is 10.2 Å². The number of ether oxygens (including phenoxy) is 1. The topological polar surface area (TPSA) is 103 Å². The average molecular weight is 423 g/mol. The minimum absolute atomic E-state index is 0.216. The van der Waals surface area contributed by atoms with Crippen molar-refractivity contribution >= 4 is 23.6 Å². The molecule has 3 aromatic rings. The van der Waals surface area contributed by atoms with Gasteiger partial charge in [0.25, 0.3) is 11.8 Å². The van der Waals surface area contributed by atoms with Crippen molar-refractivity contribution in [2.75, 3.05) is 25.3 Å². The van der Waals surface area contributed by atoms with Gasteiger partial charge in [0.15, 0.2) is 5.82 Å². The van der Waals surface area contributed by atoms with Crippen LogP contribution >= 0.6 is 11.8 Å². The molecule has 1 aliphatic heterocycles. The SMILES string of the molecule is COc1ccccc1-c1nnc(SCCCCN2C(=O)c3ccccc3C2=O)n1N. The van der Waals surface area contributed by atoms with E-state index in [4.69, 9.17) is 10.6 Å². The van der Waals surface area contributed by atoms with Gasteiger partial charge in [-0.3, -0.25) is 14.5 Å². The summed E-state index contributed by atoms with van der Waals surface area (Å²) < 4.78 is 6.81. The maximum absolute atomic E-state index is 12.4. The van der Waals surface area contributed by atoms with E-state index < -0.39 is 0 Å². The number of para-hydroxylation sites is 1. The zero-order valence-corrected chi connectivity index (χ0v) is 17.3. The molecule has 4 rings (SSSR count). The molecule has 2 heterocycles. The number of nitrogens with zero attached hydrogens (tertiary/aromatic N) is 4. The first kappa shape index (κ1) is 20.0. The summed E-state index contributed by atoms with van der Waals surface area (Å²) in [4.78, 5) is 26.1. The Labute approximate surface area is 178 Å². The Hall–Kier alpha value is -3.33. The fourth-order valence-electron chi connectivity index (χ4n) is 3.37. The van der Waals surface area contributed by atoms with Crippen molar-refractivity contribution in [2.24, 2.45) is 0 Å². The molecule has 30 heavy (non-hydrogen) atoms. The molecule has 154 valence electrons. The van der Waals surface area contributed by atoms with E-state index in [1.54, 1.807) is 31.4 Å². The Balaban J connectivity index is 1.31. The molecule has 0 radical (unpaired) electrons. The molecule has 2 N–H and O–H groups in total. The average Bonchev–Trinajstić information content (AvgIpc) is 3.26. The van der Waals surface area contributed by atoms with Crippen LogP contribution in [-0.4, -0.2) is 51.0 Å². The molecular weight excluding hydrogens is 402 g/mol. The van der Waals surface area contributed by atoms with E-state index in [9.17, 15) is 9.59 Å². The number of amides is 2. The van der Waals surface area contributed by atoms with Gasteiger partial charge in [-0.1, -0.05) is 36.0 Å². The van der Waals surface area contributed by atoms with Crippen molar-refractivity contribution in [1.29, 1.82) is 0 Å². The standard InChI is InChI=1S/C21H21N5O3S/c1-29-17-11-5-4-10-16(17)18-23-24-21(26(18)22)30-13-7-6-12-25-19(27)14-8-2-3-9-15(14)20(25)28/h2-5,8-11H,6-7,12-13,22H2,1H3. The smallest absolute Gasteiger partial charge is 0.261 e. The van der Waals surface area contributed by atoms with Gasteiger partial charge in [0.2, 0.25) is 5.16 Å². The molecule has 1 aliphatic rings. The van der Waals surface area contributed by atoms with E-state index in [-0.39, 0.29) is 11.8 Å². The van der Waals surface area contributed by atoms with Gasteiger partial charge < -0.3 is 10.6 Å². The molecule has 9 heteroatoms. The molecule has 8 nitrogen and oxygen atoms in total. The molecule has 0 saturated carbocycles. The number of fused-ring (bicyclic) bond motifs is 1. The lowest BCUT2D eigenvalue weighted by molar-refractivity contribution is 0.0652. The highest BCUT2D eigenvalue weighted by atomic mass is 32.2. The molecule has 2 aromatic carbocycles. The van der Waals surface area contributed by atoms with Crippen molar-refractivity contribution in [1.82, 2.24) is 19.8 Å². The van der Waals surface area contributed by atoms with Crippen molar-refractivity contribution in [3.05, 3.63) is 59.7 Å². The Morgan fingerprint density at radius 1 is 0.933 bits per heavy atom. The first-order valence-corrected chi connectivity index (χ1v) is 10.5. The zero-order chi connectivity index (χ0) is 21.1. The number of rotatable bonds is 8. The largest absolute Gasteiger partial charge is 0.496 e. The molecule has 0 atom stereocenters. The number of nitrogens with two attached hydrogens (primary N) is 1. The van der Waals surface area contributed by atoms with Gasteiger partial charge in [-0.05, 0) is 37.1 Å². The molecule has 0 fully saturated rings. The van der Waals surface area contributed by atoms with Crippen molar-refractivity contribution in [3.63, 3.8) is 0 Å². The van der Waals surface area contributed by atoms with E-state index in [0.29, 0.717) is 40.8 Å². The van der Waals surface area contributed by atoms with Gasteiger partial charge in [-0.15, -0.1) is 10.2 Å². The van der Waals surface area contributed by atoms with Crippen LogP contribution in [0.3, 0.4) is 0 Å². The highest BCUT2D eigenvalue weighted by molar-refractivity contribution is 7.99. The first-order chi connectivity index (χ1) is 14.6. The van der Waals surface area contributed by atoms with Crippen molar-refractivity contribution in [2.45, 2.75) is 18.0 Å². The number of hydrogen-bond donors (Lipinski definition) is 1. The third-order valence-electron chi connectivity index (χ3n) is 4.90. The number of hydrogen-bond acceptors (Lipinski definition) is 7. The van der Waals surface area contributed by atoms with Crippen LogP contribution in [0.1, 0.15) is 33.6 Å². The van der Waals surface area contributed by atoms with Crippen LogP contribution in [0.4, 0.5) is 0 Å². The number of unbranched alkanes of at least 4 members (excludes halogenated alkanes) is 1. The Bertz CT molecular complexity index is 1060. The van der Waals surface area contributed by atoms with Crippen LogP contribution in [-0.2, 0) is 0 Å². The third-order valence-corrected chi connectivity index (χ3v) is 5.93. The van der Waals surface area contributed by atoms with Crippen LogP contribution in [0.2, 0.25) is 0 Å². The summed E-state index contributed by atoms with van der Waals surface area (Å²) in [5, 5.41) is 8.95. The van der Waals surface area contributed by atoms with Crippen LogP contribution in [0.15, 0.2) is 53.7 Å². The van der Waals surface area contributed by atoms with E-state index in [1.807, 2.05) is 24.3 Å². The number of imide groups is 1. The van der Waals surface area contributed by atoms with Gasteiger partial charge in [0.05, 0.1) is 23.8 Å². The number of methoxy groups -OCH3 is 1. The van der Waals surface area contributed by atoms with Gasteiger partial charge in [0, 0.05) is 12.3 Å². The number of benzene rings is 2. The van der Waals surface area contributed by atoms with Crippen LogP contribution in [0, 0.1) is 0 Å². The van der Waals surface area contributed by atoms with E-state index in [0.717, 1.165) is 17.7 Å². The molecule has 0 saturated heterocycles. The fourth-order valence-corrected chi connectivity index (χ4v) is 4.22. The second-order valence-corrected chi connectivity index (χ2v) is 7.80. The monoisotopic (exact) mass is 423 g/mol. The van der Waals surface area contributed by atoms with Crippen LogP contribution in [0.5, 0.6) is 5.75 Å². The highest BCUT2D eigenvalue weighted by Crippen LogP contribution is 2.29. The molecular formula is C21H21N5O3S. The number of carbonyl (C=O) groups excluding carboxylic acids is 2. The second-order valence-electron chi connectivity index (χ2n) is 6.74. The first-order valence-electron chi connectivity index (χ1n) is 9.53. The highest BCUT2D eigenvalue weighted by Gasteiger charge is 2.34. The molecule has 2 amide bonds. The number of carbonyl (C=O) groups is 2. The molecule has 1 aromatic heterocycles. The summed E-state index contributed by atoms with van der Waals surface area (Å²) in [6.45, 7) is 0.398. The normalized spacial score (nSPS) is 13.0. The minimum Gasteiger partial charge on any atom is -0.496 e. The van der Waals surface area contributed by atoms with Gasteiger partial charge in [-0.2, -0.15) is 0 Å². The van der Waals surface area contributed by atoms with Gasteiger partial charge in [0.1, 0.15) is 5.75 Å². The summed E-state index contributed by atoms with van der Waals surface area (Å²) in [7, 11) is 1.60. The summed E-state index contributed by atoms with van der Waals surface area (Å²) in [6, 6.07) is 14.4. The van der Waals surface area contributed by atoms with Gasteiger partial charge >= 0.3 is 0 Å². The molecule has 0 bridgehead atoms. The Kier molecular flexibility index (Phi) is 5.71. The summed E-state index contributed by atoms with van der Waals surface area (Å²) in [6.07, 6.45) is 1.51. The number of nitrogen functional groups attached to an aromatic ring is 1. The predicted molar refractivity (Wildman–Crippen MR) is 114 cm³/mol. The second kappa shape index (κ2) is 8.58. The minimum atomic E-state index is -0.216. The Morgan fingerprint density at radius 2 is 1.57 bits per heavy atom. The maximum atomic E-state index is 12.4. The maximum Gasteiger partial charge on any atom is 0.261 e. The molecule has 0 aliphatic carbocycles. The summed E-state index contributed by atoms with van der Waals surface area (Å²) >= 11 is 1.48. The van der Waals surface area contributed by atoms with Crippen LogP contribution < -0.4 is 10.6 Å². The van der Waals surface area contributed by atoms with Crippen molar-refractivity contribution in [3.8, 4) is 17.1 Å². The van der Waals surface area contributed by atoms with E-state index >= 15 is 0 Å². The van der Waals surface area contributed by atoms with Crippen LogP contribution in [0.25, 0.3) is 11.4 Å². The molecule has 0 spiro atoms. The number of thioether (sulfide) groups is 1. The van der Waals surface area contributed by atoms with Crippen molar-refractivity contribution < 1.29 is 14.3 Å². The number of aromatic nitrogens is 3. The zero-order valence-electron chi connectivity index (χ0n) is 16.4. The summed E-state index contributed by atoms with van der Waals surface area (Å²) in [5.74, 6) is 7.69. The van der Waals surface area contributed by atoms with E-state index in [1.165, 1.54) is 21.3 Å². The molecule has 0 unspecified atom stereocenters. The lowest BCUT2D eigenvalue weighted by Crippen LogP contribution is -2.30. The lowest BCUT2D eigenvalue weighted by Gasteiger charge is -2.13. The predicted octanol–water partition coefficient (Wildman–Crippen LogP) is 2.84. The summed E-state index contributed by atoms with van der Waals surface area (Å²) in [5.41, 5.74) is 1.74. The van der Waals surface area contributed by atoms with Gasteiger partial charge in [-0.25, -0.2) is 4.68 Å². The Morgan fingerprint density at radius 3 is 2.23 bits per heavy atom. The third kappa shape index (κ3) is 3.63. The quantitative estimate of drug-likeness (QED) is 0.257.